The van der Waals surface area contributed by atoms with Gasteiger partial charge in [0, 0.05) is 12.1 Å². The van der Waals surface area contributed by atoms with Gasteiger partial charge in [0.05, 0.1) is 11.7 Å². The minimum Gasteiger partial charge on any atom is -0.464 e. The van der Waals surface area contributed by atoms with Crippen LogP contribution in [-0.4, -0.2) is 0 Å². The number of benzene rings is 1. The van der Waals surface area contributed by atoms with Gasteiger partial charge in [0.25, 0.3) is 0 Å². The van der Waals surface area contributed by atoms with Crippen LogP contribution in [0.4, 0.5) is 18.9 Å². The molecule has 2 rings (SSSR count). The molecule has 2 aromatic rings. The van der Waals surface area contributed by atoms with Crippen molar-refractivity contribution in [2.24, 2.45) is 0 Å². The molecule has 0 fully saturated rings. The van der Waals surface area contributed by atoms with E-state index in [2.05, 4.69) is 5.32 Å². The van der Waals surface area contributed by atoms with Crippen LogP contribution in [0.15, 0.2) is 28.7 Å². The number of nitrogens with one attached hydrogen (secondary N) is 1. The first-order valence-electron chi connectivity index (χ1n) is 5.45. The summed E-state index contributed by atoms with van der Waals surface area (Å²) in [6.07, 6.45) is 0. The zero-order valence-electron chi connectivity index (χ0n) is 9.93. The Morgan fingerprint density at radius 3 is 2.33 bits per heavy atom. The summed E-state index contributed by atoms with van der Waals surface area (Å²) >= 11 is 0. The lowest BCUT2D eigenvalue weighted by atomic mass is 10.2. The minimum atomic E-state index is -1.21. The lowest BCUT2D eigenvalue weighted by molar-refractivity contribution is 0.464. The van der Waals surface area contributed by atoms with E-state index < -0.39 is 17.5 Å². The molecule has 5 heteroatoms. The smallest absolute Gasteiger partial charge is 0.161 e. The van der Waals surface area contributed by atoms with Crippen molar-refractivity contribution in [3.05, 3.63) is 53.2 Å². The maximum atomic E-state index is 13.4. The van der Waals surface area contributed by atoms with E-state index in [9.17, 15) is 13.2 Å². The summed E-state index contributed by atoms with van der Waals surface area (Å²) in [4.78, 5) is 0. The molecule has 0 aliphatic heterocycles. The summed E-state index contributed by atoms with van der Waals surface area (Å²) in [6, 6.07) is 4.47. The highest BCUT2D eigenvalue weighted by molar-refractivity contribution is 5.46. The molecule has 2 nitrogen and oxygen atoms in total. The van der Waals surface area contributed by atoms with Gasteiger partial charge in [0.2, 0.25) is 0 Å². The molecule has 0 aliphatic rings. The Labute approximate surface area is 102 Å². The Bertz CT molecular complexity index is 565. The van der Waals surface area contributed by atoms with Crippen molar-refractivity contribution in [2.75, 3.05) is 5.32 Å². The summed E-state index contributed by atoms with van der Waals surface area (Å²) in [7, 11) is 0. The monoisotopic (exact) mass is 255 g/mol. The van der Waals surface area contributed by atoms with Crippen LogP contribution >= 0.6 is 0 Å². The van der Waals surface area contributed by atoms with Crippen molar-refractivity contribution in [1.29, 1.82) is 0 Å². The molecule has 18 heavy (non-hydrogen) atoms. The van der Waals surface area contributed by atoms with Crippen LogP contribution in [0.1, 0.15) is 24.5 Å². The number of anilines is 1. The predicted octanol–water partition coefficient (Wildman–Crippen LogP) is 4.18. The Balaban J connectivity index is 2.21. The molecule has 1 atom stereocenters. The van der Waals surface area contributed by atoms with E-state index >= 15 is 0 Å². The third-order valence-corrected chi connectivity index (χ3v) is 2.57. The fraction of sp³-hybridized carbons (Fsp3) is 0.231. The van der Waals surface area contributed by atoms with Crippen LogP contribution in [0, 0.1) is 24.4 Å². The summed E-state index contributed by atoms with van der Waals surface area (Å²) in [5.74, 6) is -1.83. The lowest BCUT2D eigenvalue weighted by Crippen LogP contribution is -2.08. The van der Waals surface area contributed by atoms with Gasteiger partial charge in [-0.15, -0.1) is 0 Å². The van der Waals surface area contributed by atoms with Crippen molar-refractivity contribution < 1.29 is 17.6 Å². The number of aryl methyl sites for hydroxylation is 1. The van der Waals surface area contributed by atoms with Gasteiger partial charge in [-0.25, -0.2) is 13.2 Å². The molecule has 1 N–H and O–H groups in total. The second-order valence-corrected chi connectivity index (χ2v) is 4.06. The topological polar surface area (TPSA) is 25.2 Å². The van der Waals surface area contributed by atoms with Crippen molar-refractivity contribution in [3.8, 4) is 0 Å². The SMILES string of the molecule is Cc1ccc(C(C)Nc2cc(F)c(F)cc2F)o1. The molecular formula is C13H12F3NO. The van der Waals surface area contributed by atoms with Gasteiger partial charge in [-0.3, -0.25) is 0 Å². The first-order chi connectivity index (χ1) is 8.47. The van der Waals surface area contributed by atoms with Crippen LogP contribution in [-0.2, 0) is 0 Å². The molecular weight excluding hydrogens is 243 g/mol. The molecule has 1 heterocycles. The zero-order valence-corrected chi connectivity index (χ0v) is 9.93. The van der Waals surface area contributed by atoms with Gasteiger partial charge in [0.1, 0.15) is 17.3 Å². The predicted molar refractivity (Wildman–Crippen MR) is 61.8 cm³/mol. The number of furan rings is 1. The molecule has 0 aliphatic carbocycles. The standard InChI is InChI=1S/C13H12F3NO/c1-7-3-4-13(18-7)8(2)17-12-6-10(15)9(14)5-11(12)16/h3-6,8,17H,1-2H3. The van der Waals surface area contributed by atoms with Crippen LogP contribution < -0.4 is 5.32 Å². The van der Waals surface area contributed by atoms with Gasteiger partial charge in [-0.05, 0) is 26.0 Å². The Morgan fingerprint density at radius 2 is 1.72 bits per heavy atom. The van der Waals surface area contributed by atoms with Crippen LogP contribution in [0.3, 0.4) is 0 Å². The van der Waals surface area contributed by atoms with Gasteiger partial charge in [0.15, 0.2) is 11.6 Å². The van der Waals surface area contributed by atoms with Crippen molar-refractivity contribution in [1.82, 2.24) is 0 Å². The van der Waals surface area contributed by atoms with E-state index in [4.69, 9.17) is 4.42 Å². The molecule has 1 unspecified atom stereocenters. The number of hydrogen-bond donors (Lipinski definition) is 1. The summed E-state index contributed by atoms with van der Waals surface area (Å²) < 4.78 is 44.5. The Morgan fingerprint density at radius 1 is 1.06 bits per heavy atom. The van der Waals surface area contributed by atoms with Crippen LogP contribution in [0.2, 0.25) is 0 Å². The summed E-state index contributed by atoms with van der Waals surface area (Å²) in [5.41, 5.74) is -0.101. The fourth-order valence-electron chi connectivity index (χ4n) is 1.62. The van der Waals surface area contributed by atoms with E-state index in [1.54, 1.807) is 26.0 Å². The molecule has 0 radical (unpaired) electrons. The molecule has 1 aromatic carbocycles. The van der Waals surface area contributed by atoms with Crippen LogP contribution in [0.25, 0.3) is 0 Å². The number of halogens is 3. The highest BCUT2D eigenvalue weighted by Crippen LogP contribution is 2.24. The van der Waals surface area contributed by atoms with Gasteiger partial charge in [-0.2, -0.15) is 0 Å². The summed E-state index contributed by atoms with van der Waals surface area (Å²) in [5, 5.41) is 2.73. The minimum absolute atomic E-state index is 0.101. The first-order valence-corrected chi connectivity index (χ1v) is 5.45. The molecule has 1 aromatic heterocycles. The normalized spacial score (nSPS) is 12.5. The summed E-state index contributed by atoms with van der Waals surface area (Å²) in [6.45, 7) is 3.52. The fourth-order valence-corrected chi connectivity index (χ4v) is 1.62. The average molecular weight is 255 g/mol. The third-order valence-electron chi connectivity index (χ3n) is 2.57. The van der Waals surface area contributed by atoms with E-state index in [1.807, 2.05) is 0 Å². The number of hydrogen-bond acceptors (Lipinski definition) is 2. The molecule has 0 bridgehead atoms. The quantitative estimate of drug-likeness (QED) is 0.832. The largest absolute Gasteiger partial charge is 0.464 e. The maximum Gasteiger partial charge on any atom is 0.161 e. The van der Waals surface area contributed by atoms with Gasteiger partial charge in [-0.1, -0.05) is 0 Å². The Kier molecular flexibility index (Phi) is 3.32. The average Bonchev–Trinajstić information content (AvgIpc) is 2.73. The van der Waals surface area contributed by atoms with E-state index in [1.165, 1.54) is 0 Å². The van der Waals surface area contributed by atoms with Crippen molar-refractivity contribution in [3.63, 3.8) is 0 Å². The lowest BCUT2D eigenvalue weighted by Gasteiger charge is -2.13. The first kappa shape index (κ1) is 12.5. The zero-order chi connectivity index (χ0) is 13.3. The molecule has 0 saturated carbocycles. The Hall–Kier alpha value is -1.91. The number of rotatable bonds is 3. The van der Waals surface area contributed by atoms with E-state index in [-0.39, 0.29) is 11.7 Å². The molecule has 0 spiro atoms. The second-order valence-electron chi connectivity index (χ2n) is 4.06. The highest BCUT2D eigenvalue weighted by Gasteiger charge is 2.14. The molecule has 0 saturated heterocycles. The van der Waals surface area contributed by atoms with Gasteiger partial charge < -0.3 is 9.73 Å². The maximum absolute atomic E-state index is 13.4. The van der Waals surface area contributed by atoms with Gasteiger partial charge >= 0.3 is 0 Å². The highest BCUT2D eigenvalue weighted by atomic mass is 19.2. The van der Waals surface area contributed by atoms with E-state index in [0.29, 0.717) is 11.8 Å². The second kappa shape index (κ2) is 4.76. The van der Waals surface area contributed by atoms with Crippen molar-refractivity contribution in [2.45, 2.75) is 19.9 Å². The molecule has 96 valence electrons. The van der Waals surface area contributed by atoms with Crippen molar-refractivity contribution >= 4 is 5.69 Å². The molecule has 0 amide bonds. The third kappa shape index (κ3) is 2.50. The van der Waals surface area contributed by atoms with E-state index in [0.717, 1.165) is 11.8 Å². The van der Waals surface area contributed by atoms with Crippen LogP contribution in [0.5, 0.6) is 0 Å².